The van der Waals surface area contributed by atoms with E-state index in [0.29, 0.717) is 0 Å². The highest BCUT2D eigenvalue weighted by atomic mass is 32.2. The molecular weight excluding hydrogens is 238 g/mol. The van der Waals surface area contributed by atoms with Crippen molar-refractivity contribution in [1.29, 1.82) is 0 Å². The predicted molar refractivity (Wildman–Crippen MR) is 67.8 cm³/mol. The first kappa shape index (κ1) is 11.6. The summed E-state index contributed by atoms with van der Waals surface area (Å²) in [6, 6.07) is 8.34. The van der Waals surface area contributed by atoms with E-state index in [1.807, 2.05) is 13.8 Å². The topological polar surface area (TPSA) is 51.8 Å². The smallest absolute Gasteiger partial charge is 0.174 e. The van der Waals surface area contributed by atoms with Crippen LogP contribution in [0.3, 0.4) is 0 Å². The fraction of sp³-hybridized carbons (Fsp3) is 0.273. The maximum atomic E-state index is 5.79. The minimum absolute atomic E-state index is 0.0859. The molecule has 0 saturated carbocycles. The van der Waals surface area contributed by atoms with E-state index in [2.05, 4.69) is 33.6 Å². The van der Waals surface area contributed by atoms with Gasteiger partial charge in [0.2, 0.25) is 0 Å². The number of benzene rings is 1. The van der Waals surface area contributed by atoms with Gasteiger partial charge in [0, 0.05) is 10.9 Å². The lowest BCUT2D eigenvalue weighted by molar-refractivity contribution is 0.817. The van der Waals surface area contributed by atoms with E-state index < -0.39 is 0 Å². The number of rotatable bonds is 3. The molecule has 0 unspecified atom stereocenters. The standard InChI is InChI=1S/C11H13N3S2/c1-7(12)9-3-5-10(6-4-9)15-11-13-8(2)14-16-11/h3-7H,12H2,1-2H3/t7-/m0/s1. The van der Waals surface area contributed by atoms with Crippen molar-refractivity contribution in [3.8, 4) is 0 Å². The zero-order valence-corrected chi connectivity index (χ0v) is 10.8. The van der Waals surface area contributed by atoms with E-state index in [9.17, 15) is 0 Å². The molecule has 1 heterocycles. The molecule has 0 aliphatic heterocycles. The van der Waals surface area contributed by atoms with E-state index in [1.54, 1.807) is 11.8 Å². The van der Waals surface area contributed by atoms with E-state index in [4.69, 9.17) is 5.73 Å². The van der Waals surface area contributed by atoms with Gasteiger partial charge < -0.3 is 5.73 Å². The minimum Gasteiger partial charge on any atom is -0.324 e. The molecule has 1 atom stereocenters. The predicted octanol–water partition coefficient (Wildman–Crippen LogP) is 3.02. The zero-order chi connectivity index (χ0) is 11.5. The van der Waals surface area contributed by atoms with Crippen LogP contribution in [0.25, 0.3) is 0 Å². The Balaban J connectivity index is 2.11. The molecule has 0 aliphatic carbocycles. The molecule has 2 rings (SSSR count). The van der Waals surface area contributed by atoms with E-state index in [0.717, 1.165) is 15.7 Å². The molecule has 2 N–H and O–H groups in total. The number of hydrogen-bond donors (Lipinski definition) is 1. The molecule has 0 radical (unpaired) electrons. The number of nitrogens with two attached hydrogens (primary N) is 1. The summed E-state index contributed by atoms with van der Waals surface area (Å²) < 4.78 is 5.13. The fourth-order valence-corrected chi connectivity index (χ4v) is 2.88. The van der Waals surface area contributed by atoms with E-state index >= 15 is 0 Å². The zero-order valence-electron chi connectivity index (χ0n) is 9.18. The van der Waals surface area contributed by atoms with Crippen LogP contribution in [0.15, 0.2) is 33.5 Å². The molecule has 1 aromatic carbocycles. The number of hydrogen-bond acceptors (Lipinski definition) is 5. The van der Waals surface area contributed by atoms with Gasteiger partial charge >= 0.3 is 0 Å². The van der Waals surface area contributed by atoms with Gasteiger partial charge in [0.25, 0.3) is 0 Å². The molecule has 0 spiro atoms. The Morgan fingerprint density at radius 1 is 1.31 bits per heavy atom. The van der Waals surface area contributed by atoms with Gasteiger partial charge in [0.15, 0.2) is 4.34 Å². The third-order valence-corrected chi connectivity index (χ3v) is 3.97. The first-order valence-electron chi connectivity index (χ1n) is 4.99. The first-order chi connectivity index (χ1) is 7.65. The van der Waals surface area contributed by atoms with Crippen molar-refractivity contribution < 1.29 is 0 Å². The Morgan fingerprint density at radius 3 is 2.50 bits per heavy atom. The molecule has 1 aromatic heterocycles. The highest BCUT2D eigenvalue weighted by Gasteiger charge is 2.04. The van der Waals surface area contributed by atoms with Gasteiger partial charge in [-0.05, 0) is 43.1 Å². The summed E-state index contributed by atoms with van der Waals surface area (Å²) in [5, 5.41) is 0. The SMILES string of the molecule is Cc1nsc(Sc2ccc([C@H](C)N)cc2)n1. The van der Waals surface area contributed by atoms with Crippen molar-refractivity contribution in [1.82, 2.24) is 9.36 Å². The van der Waals surface area contributed by atoms with Crippen molar-refractivity contribution in [2.45, 2.75) is 29.1 Å². The molecule has 5 heteroatoms. The van der Waals surface area contributed by atoms with Gasteiger partial charge in [-0.15, -0.1) is 0 Å². The molecule has 2 aromatic rings. The van der Waals surface area contributed by atoms with Crippen molar-refractivity contribution in [2.24, 2.45) is 5.73 Å². The maximum absolute atomic E-state index is 5.79. The lowest BCUT2D eigenvalue weighted by Crippen LogP contribution is -2.04. The highest BCUT2D eigenvalue weighted by molar-refractivity contribution is 8.01. The van der Waals surface area contributed by atoms with Crippen LogP contribution in [0, 0.1) is 6.92 Å². The quantitative estimate of drug-likeness (QED) is 0.911. The maximum Gasteiger partial charge on any atom is 0.174 e. The Kier molecular flexibility index (Phi) is 3.58. The fourth-order valence-electron chi connectivity index (χ4n) is 1.26. The molecule has 0 fully saturated rings. The van der Waals surface area contributed by atoms with Gasteiger partial charge in [0.05, 0.1) is 0 Å². The van der Waals surface area contributed by atoms with Crippen molar-refractivity contribution in [3.05, 3.63) is 35.7 Å². The van der Waals surface area contributed by atoms with E-state index in [1.165, 1.54) is 16.4 Å². The molecular formula is C11H13N3S2. The van der Waals surface area contributed by atoms with Gasteiger partial charge in [-0.2, -0.15) is 4.37 Å². The second kappa shape index (κ2) is 4.95. The second-order valence-corrected chi connectivity index (χ2v) is 5.64. The van der Waals surface area contributed by atoms with Crippen LogP contribution in [0.2, 0.25) is 0 Å². The summed E-state index contributed by atoms with van der Waals surface area (Å²) in [5.41, 5.74) is 6.94. The first-order valence-corrected chi connectivity index (χ1v) is 6.58. The van der Waals surface area contributed by atoms with Crippen LogP contribution < -0.4 is 5.73 Å². The van der Waals surface area contributed by atoms with Crippen LogP contribution in [0.5, 0.6) is 0 Å². The van der Waals surface area contributed by atoms with Gasteiger partial charge in [-0.3, -0.25) is 0 Å². The third kappa shape index (κ3) is 2.81. The highest BCUT2D eigenvalue weighted by Crippen LogP contribution is 2.29. The van der Waals surface area contributed by atoms with Gasteiger partial charge in [0.1, 0.15) is 5.82 Å². The van der Waals surface area contributed by atoms with Crippen LogP contribution in [0.4, 0.5) is 0 Å². The average Bonchev–Trinajstić information content (AvgIpc) is 2.65. The number of nitrogens with zero attached hydrogens (tertiary/aromatic N) is 2. The number of aromatic nitrogens is 2. The normalized spacial score (nSPS) is 12.7. The van der Waals surface area contributed by atoms with E-state index in [-0.39, 0.29) is 6.04 Å². The molecule has 0 amide bonds. The van der Waals surface area contributed by atoms with Crippen LogP contribution in [-0.2, 0) is 0 Å². The molecule has 3 nitrogen and oxygen atoms in total. The van der Waals surface area contributed by atoms with Crippen LogP contribution in [0.1, 0.15) is 24.4 Å². The lowest BCUT2D eigenvalue weighted by Gasteiger charge is -2.05. The Labute approximate surface area is 103 Å². The lowest BCUT2D eigenvalue weighted by atomic mass is 10.1. The minimum atomic E-state index is 0.0859. The Bertz CT molecular complexity index is 462. The summed E-state index contributed by atoms with van der Waals surface area (Å²) in [5.74, 6) is 0.833. The number of aryl methyl sites for hydroxylation is 1. The molecule has 16 heavy (non-hydrogen) atoms. The second-order valence-electron chi connectivity index (χ2n) is 3.57. The third-order valence-electron chi connectivity index (χ3n) is 2.12. The summed E-state index contributed by atoms with van der Waals surface area (Å²) in [6.07, 6.45) is 0. The molecule has 0 bridgehead atoms. The Morgan fingerprint density at radius 2 is 2.00 bits per heavy atom. The average molecular weight is 251 g/mol. The van der Waals surface area contributed by atoms with Crippen molar-refractivity contribution in [3.63, 3.8) is 0 Å². The largest absolute Gasteiger partial charge is 0.324 e. The molecule has 0 saturated heterocycles. The summed E-state index contributed by atoms with van der Waals surface area (Å²) in [6.45, 7) is 3.88. The van der Waals surface area contributed by atoms with Gasteiger partial charge in [-0.1, -0.05) is 23.9 Å². The Hall–Kier alpha value is -0.910. The molecule has 84 valence electrons. The van der Waals surface area contributed by atoms with Crippen molar-refractivity contribution in [2.75, 3.05) is 0 Å². The monoisotopic (exact) mass is 251 g/mol. The van der Waals surface area contributed by atoms with Crippen LogP contribution >= 0.6 is 23.3 Å². The van der Waals surface area contributed by atoms with Gasteiger partial charge in [-0.25, -0.2) is 4.98 Å². The summed E-state index contributed by atoms with van der Waals surface area (Å²) in [4.78, 5) is 5.48. The summed E-state index contributed by atoms with van der Waals surface area (Å²) in [7, 11) is 0. The van der Waals surface area contributed by atoms with Crippen molar-refractivity contribution >= 4 is 23.3 Å². The van der Waals surface area contributed by atoms with Crippen LogP contribution in [-0.4, -0.2) is 9.36 Å². The molecule has 0 aliphatic rings. The summed E-state index contributed by atoms with van der Waals surface area (Å²) >= 11 is 3.06.